The van der Waals surface area contributed by atoms with Gasteiger partial charge in [-0.1, -0.05) is 30.3 Å². The SMILES string of the molecule is CNCN1Cc2cc(S(C)(=O)=O)ccc2C1(CN)c1ccc(C(O)(C(F)(F)F)C(F)(F)F)cc1. The van der Waals surface area contributed by atoms with Crippen LogP contribution in [0.3, 0.4) is 0 Å². The molecule has 0 bridgehead atoms. The molecule has 0 spiro atoms. The molecule has 1 heterocycles. The quantitative estimate of drug-likeness (QED) is 0.517. The molecule has 3 rings (SSSR count). The van der Waals surface area contributed by atoms with Gasteiger partial charge in [-0.2, -0.15) is 26.3 Å². The number of hydrogen-bond acceptors (Lipinski definition) is 6. The number of nitrogens with one attached hydrogen (secondary N) is 1. The number of aliphatic hydroxyl groups is 1. The van der Waals surface area contributed by atoms with Crippen molar-refractivity contribution in [3.05, 3.63) is 64.7 Å². The molecule has 1 aliphatic heterocycles. The Hall–Kier alpha value is -2.19. The van der Waals surface area contributed by atoms with E-state index in [9.17, 15) is 39.9 Å². The third kappa shape index (κ3) is 3.98. The highest BCUT2D eigenvalue weighted by atomic mass is 32.2. The summed E-state index contributed by atoms with van der Waals surface area (Å²) >= 11 is 0. The number of alkyl halides is 6. The highest BCUT2D eigenvalue weighted by Gasteiger charge is 2.71. The second-order valence-electron chi connectivity index (χ2n) is 8.15. The van der Waals surface area contributed by atoms with Crippen molar-refractivity contribution < 1.29 is 39.9 Å². The molecule has 0 saturated carbocycles. The minimum Gasteiger partial charge on any atom is -0.369 e. The van der Waals surface area contributed by atoms with Crippen LogP contribution in [-0.2, 0) is 27.5 Å². The highest BCUT2D eigenvalue weighted by molar-refractivity contribution is 7.90. The summed E-state index contributed by atoms with van der Waals surface area (Å²) < 4.78 is 104. The van der Waals surface area contributed by atoms with Gasteiger partial charge in [-0.3, -0.25) is 4.90 Å². The first-order chi connectivity index (χ1) is 15.5. The van der Waals surface area contributed by atoms with E-state index in [0.29, 0.717) is 23.3 Å². The van der Waals surface area contributed by atoms with E-state index >= 15 is 0 Å². The van der Waals surface area contributed by atoms with Crippen molar-refractivity contribution in [3.8, 4) is 0 Å². The van der Waals surface area contributed by atoms with Crippen molar-refractivity contribution in [3.63, 3.8) is 0 Å². The third-order valence-electron chi connectivity index (χ3n) is 6.10. The Morgan fingerprint density at radius 1 is 1.06 bits per heavy atom. The van der Waals surface area contributed by atoms with E-state index in [2.05, 4.69) is 5.32 Å². The van der Waals surface area contributed by atoms with Crippen LogP contribution in [0, 0.1) is 0 Å². The van der Waals surface area contributed by atoms with Gasteiger partial charge >= 0.3 is 12.4 Å². The van der Waals surface area contributed by atoms with Gasteiger partial charge in [-0.15, -0.1) is 0 Å². The molecule has 188 valence electrons. The number of halogens is 6. The van der Waals surface area contributed by atoms with Gasteiger partial charge in [0, 0.05) is 31.6 Å². The summed E-state index contributed by atoms with van der Waals surface area (Å²) in [5.41, 5.74) is 0.00168. The third-order valence-corrected chi connectivity index (χ3v) is 7.21. The Morgan fingerprint density at radius 3 is 2.06 bits per heavy atom. The maximum atomic E-state index is 13.3. The molecule has 1 unspecified atom stereocenters. The lowest BCUT2D eigenvalue weighted by molar-refractivity contribution is -0.376. The summed E-state index contributed by atoms with van der Waals surface area (Å²) in [6.07, 6.45) is -11.0. The zero-order valence-electron chi connectivity index (χ0n) is 18.1. The van der Waals surface area contributed by atoms with Gasteiger partial charge in [-0.25, -0.2) is 8.42 Å². The highest BCUT2D eigenvalue weighted by Crippen LogP contribution is 2.51. The molecule has 2 aromatic rings. The predicted octanol–water partition coefficient (Wildman–Crippen LogP) is 2.60. The second-order valence-corrected chi connectivity index (χ2v) is 10.2. The van der Waals surface area contributed by atoms with Crippen LogP contribution in [0.25, 0.3) is 0 Å². The molecule has 0 saturated heterocycles. The number of sulfone groups is 1. The van der Waals surface area contributed by atoms with E-state index in [-0.39, 0.29) is 30.2 Å². The molecule has 34 heavy (non-hydrogen) atoms. The Bertz CT molecular complexity index is 1150. The lowest BCUT2D eigenvalue weighted by Gasteiger charge is -2.39. The van der Waals surface area contributed by atoms with E-state index in [1.807, 2.05) is 0 Å². The fraction of sp³-hybridized carbons (Fsp3) is 0.429. The van der Waals surface area contributed by atoms with Crippen LogP contribution >= 0.6 is 0 Å². The molecule has 1 aliphatic rings. The summed E-state index contributed by atoms with van der Waals surface area (Å²) in [6, 6.07) is 7.68. The maximum Gasteiger partial charge on any atom is 0.430 e. The molecule has 1 atom stereocenters. The fourth-order valence-electron chi connectivity index (χ4n) is 4.40. The zero-order chi connectivity index (χ0) is 25.7. The first-order valence-electron chi connectivity index (χ1n) is 9.94. The van der Waals surface area contributed by atoms with Gasteiger partial charge < -0.3 is 16.2 Å². The number of nitrogens with two attached hydrogens (primary N) is 1. The molecule has 2 aromatic carbocycles. The number of nitrogens with zero attached hydrogens (tertiary/aromatic N) is 1. The Labute approximate surface area is 192 Å². The van der Waals surface area contributed by atoms with Crippen molar-refractivity contribution >= 4 is 9.84 Å². The average molecular weight is 511 g/mol. The average Bonchev–Trinajstić information content (AvgIpc) is 3.04. The smallest absolute Gasteiger partial charge is 0.369 e. The first kappa shape index (κ1) is 26.4. The lowest BCUT2D eigenvalue weighted by atomic mass is 9.81. The summed E-state index contributed by atoms with van der Waals surface area (Å²) in [6.45, 7) is 0.354. The van der Waals surface area contributed by atoms with E-state index < -0.39 is 38.9 Å². The largest absolute Gasteiger partial charge is 0.430 e. The van der Waals surface area contributed by atoms with Crippen LogP contribution in [0.15, 0.2) is 47.4 Å². The lowest BCUT2D eigenvalue weighted by Crippen LogP contribution is -2.54. The first-order valence-corrected chi connectivity index (χ1v) is 11.8. The van der Waals surface area contributed by atoms with Crippen LogP contribution < -0.4 is 11.1 Å². The Balaban J connectivity index is 2.19. The molecular formula is C21H23F6N3O3S. The number of benzene rings is 2. The number of fused-ring (bicyclic) bond motifs is 1. The minimum absolute atomic E-state index is 0.0687. The van der Waals surface area contributed by atoms with Crippen LogP contribution in [0.5, 0.6) is 0 Å². The molecule has 0 aromatic heterocycles. The maximum absolute atomic E-state index is 13.3. The minimum atomic E-state index is -6.00. The van der Waals surface area contributed by atoms with Crippen molar-refractivity contribution in [2.75, 3.05) is 26.5 Å². The molecule has 0 radical (unpaired) electrons. The number of hydrogen-bond donors (Lipinski definition) is 3. The molecule has 0 amide bonds. The normalized spacial score (nSPS) is 19.9. The predicted molar refractivity (Wildman–Crippen MR) is 111 cm³/mol. The molecule has 0 aliphatic carbocycles. The molecular weight excluding hydrogens is 488 g/mol. The van der Waals surface area contributed by atoms with Gasteiger partial charge in [0.1, 0.15) is 0 Å². The molecule has 4 N–H and O–H groups in total. The van der Waals surface area contributed by atoms with Gasteiger partial charge in [0.05, 0.1) is 10.4 Å². The van der Waals surface area contributed by atoms with Gasteiger partial charge in [-0.05, 0) is 35.9 Å². The van der Waals surface area contributed by atoms with Crippen molar-refractivity contribution in [1.82, 2.24) is 10.2 Å². The van der Waals surface area contributed by atoms with Crippen molar-refractivity contribution in [1.29, 1.82) is 0 Å². The van der Waals surface area contributed by atoms with E-state index in [1.54, 1.807) is 18.0 Å². The summed E-state index contributed by atoms with van der Waals surface area (Å²) in [4.78, 5) is 1.87. The Kier molecular flexibility index (Phi) is 6.59. The summed E-state index contributed by atoms with van der Waals surface area (Å²) in [7, 11) is -1.88. The monoisotopic (exact) mass is 511 g/mol. The topological polar surface area (TPSA) is 95.7 Å². The molecule has 6 nitrogen and oxygen atoms in total. The van der Waals surface area contributed by atoms with Gasteiger partial charge in [0.25, 0.3) is 5.60 Å². The van der Waals surface area contributed by atoms with E-state index in [4.69, 9.17) is 5.73 Å². The zero-order valence-corrected chi connectivity index (χ0v) is 18.9. The Morgan fingerprint density at radius 2 is 1.62 bits per heavy atom. The van der Waals surface area contributed by atoms with Crippen molar-refractivity contribution in [2.24, 2.45) is 5.73 Å². The molecule has 0 fully saturated rings. The van der Waals surface area contributed by atoms with E-state index in [1.165, 1.54) is 12.1 Å². The van der Waals surface area contributed by atoms with Crippen LogP contribution in [0.2, 0.25) is 0 Å². The van der Waals surface area contributed by atoms with Crippen LogP contribution in [-0.4, -0.2) is 57.3 Å². The van der Waals surface area contributed by atoms with Crippen LogP contribution in [0.4, 0.5) is 26.3 Å². The van der Waals surface area contributed by atoms with Crippen LogP contribution in [0.1, 0.15) is 22.3 Å². The summed E-state index contributed by atoms with van der Waals surface area (Å²) in [5.74, 6) is 0. The van der Waals surface area contributed by atoms with E-state index in [0.717, 1.165) is 18.4 Å². The fourth-order valence-corrected chi connectivity index (χ4v) is 5.07. The van der Waals surface area contributed by atoms with Gasteiger partial charge in [0.2, 0.25) is 0 Å². The van der Waals surface area contributed by atoms with Crippen molar-refractivity contribution in [2.45, 2.75) is 34.9 Å². The molecule has 13 heteroatoms. The standard InChI is InChI=1S/C21H23F6N3O3S/c1-29-12-30-10-13-9-16(34(2,32)33)7-8-17(13)18(30,11-28)14-3-5-15(6-4-14)19(31,20(22,23)24)21(25,26)27/h3-9,29,31H,10-12,28H2,1-2H3. The summed E-state index contributed by atoms with van der Waals surface area (Å²) in [5, 5.41) is 12.6. The van der Waals surface area contributed by atoms with Gasteiger partial charge in [0.15, 0.2) is 9.84 Å². The number of rotatable bonds is 6. The second kappa shape index (κ2) is 8.48.